The molecule has 1 aliphatic rings. The number of pyridine rings is 2. The van der Waals surface area contributed by atoms with Gasteiger partial charge in [-0.25, -0.2) is 4.98 Å². The van der Waals surface area contributed by atoms with Crippen LogP contribution >= 0.6 is 0 Å². The van der Waals surface area contributed by atoms with Gasteiger partial charge in [0.2, 0.25) is 5.88 Å². The minimum Gasteiger partial charge on any atom is -0.471 e. The van der Waals surface area contributed by atoms with E-state index in [0.29, 0.717) is 47.3 Å². The molecule has 2 N–H and O–H groups in total. The number of fused-ring (bicyclic) bond motifs is 1. The molecule has 0 saturated carbocycles. The Morgan fingerprint density at radius 2 is 2.06 bits per heavy atom. The Kier molecular flexibility index (Phi) is 6.69. The zero-order chi connectivity index (χ0) is 24.1. The van der Waals surface area contributed by atoms with E-state index in [2.05, 4.69) is 27.3 Å². The van der Waals surface area contributed by atoms with Crippen LogP contribution in [0.5, 0.6) is 5.88 Å². The maximum absolute atomic E-state index is 9.57. The number of aliphatic imine (C=N–C) groups is 1. The predicted octanol–water partition coefficient (Wildman–Crippen LogP) is 2.81. The molecule has 0 aliphatic carbocycles. The monoisotopic (exact) mass is 455 g/mol. The molecule has 1 fully saturated rings. The molecule has 10 heteroatoms. The van der Waals surface area contributed by atoms with Crippen LogP contribution in [0, 0.1) is 22.8 Å². The van der Waals surface area contributed by atoms with Gasteiger partial charge in [-0.3, -0.25) is 14.4 Å². The Labute approximate surface area is 197 Å². The van der Waals surface area contributed by atoms with Gasteiger partial charge in [-0.05, 0) is 38.8 Å². The van der Waals surface area contributed by atoms with E-state index in [1.54, 1.807) is 27.8 Å². The van der Waals surface area contributed by atoms with Crippen LogP contribution in [-0.2, 0) is 0 Å². The van der Waals surface area contributed by atoms with Crippen LogP contribution in [0.3, 0.4) is 0 Å². The van der Waals surface area contributed by atoms with Gasteiger partial charge in [0, 0.05) is 42.7 Å². The summed E-state index contributed by atoms with van der Waals surface area (Å²) >= 11 is 0. The number of imidazole rings is 1. The first-order valence-electron chi connectivity index (χ1n) is 11.0. The second-order valence-electron chi connectivity index (χ2n) is 8.09. The van der Waals surface area contributed by atoms with Crippen molar-refractivity contribution in [3.05, 3.63) is 59.7 Å². The lowest BCUT2D eigenvalue weighted by molar-refractivity contribution is 0.214. The highest BCUT2D eigenvalue weighted by Crippen LogP contribution is 2.26. The van der Waals surface area contributed by atoms with Gasteiger partial charge >= 0.3 is 0 Å². The summed E-state index contributed by atoms with van der Waals surface area (Å²) in [6.07, 6.45) is 8.41. The molecule has 0 spiro atoms. The van der Waals surface area contributed by atoms with E-state index in [-0.39, 0.29) is 12.1 Å². The van der Waals surface area contributed by atoms with Crippen molar-refractivity contribution < 1.29 is 4.74 Å². The number of nitrogens with two attached hydrogens (primary N) is 1. The Bertz CT molecular complexity index is 1310. The molecule has 4 heterocycles. The largest absolute Gasteiger partial charge is 0.471 e. The summed E-state index contributed by atoms with van der Waals surface area (Å²) in [5, 5.41) is 22.7. The Morgan fingerprint density at radius 1 is 1.26 bits per heavy atom. The molecule has 172 valence electrons. The molecule has 0 aromatic carbocycles. The lowest BCUT2D eigenvalue weighted by Gasteiger charge is -2.26. The molecule has 1 unspecified atom stereocenters. The maximum Gasteiger partial charge on any atom is 0.201 e. The fourth-order valence-corrected chi connectivity index (χ4v) is 4.05. The van der Waals surface area contributed by atoms with Crippen LogP contribution in [0.25, 0.3) is 5.65 Å². The molecule has 0 amide bonds. The molecular weight excluding hydrogens is 430 g/mol. The lowest BCUT2D eigenvalue weighted by Crippen LogP contribution is -2.32. The summed E-state index contributed by atoms with van der Waals surface area (Å²) < 4.78 is 7.93. The second kappa shape index (κ2) is 10.0. The number of hydrazone groups is 1. The number of nitriles is 2. The zero-order valence-electron chi connectivity index (χ0n) is 19.1. The Balaban J connectivity index is 1.69. The molecule has 1 aliphatic heterocycles. The van der Waals surface area contributed by atoms with Crippen molar-refractivity contribution >= 4 is 17.1 Å². The van der Waals surface area contributed by atoms with Gasteiger partial charge < -0.3 is 15.5 Å². The predicted molar refractivity (Wildman–Crippen MR) is 127 cm³/mol. The Hall–Kier alpha value is -4.44. The van der Waals surface area contributed by atoms with Crippen LogP contribution in [0.4, 0.5) is 0 Å². The highest BCUT2D eigenvalue weighted by molar-refractivity contribution is 6.47. The van der Waals surface area contributed by atoms with Crippen molar-refractivity contribution in [3.63, 3.8) is 0 Å². The quantitative estimate of drug-likeness (QED) is 0.261. The zero-order valence-corrected chi connectivity index (χ0v) is 19.1. The number of rotatable bonds is 6. The maximum atomic E-state index is 9.57. The molecule has 3 aromatic rings. The standard InChI is InChI=1S/C24H25N9O/c1-16(30-20-5-8-32(15-26)9-6-20)24(31-27)19-10-22-29-14-21(12-25)33(22)23(11-19)34-17(2)18-4-3-7-28-13-18/h3-4,7,10-11,13-14,17,20H,5-6,8-9,27H2,1-2H3/b30-16?,31-24+. The summed E-state index contributed by atoms with van der Waals surface area (Å²) in [5.74, 6) is 6.24. The van der Waals surface area contributed by atoms with Crippen molar-refractivity contribution in [1.29, 1.82) is 10.5 Å². The summed E-state index contributed by atoms with van der Waals surface area (Å²) in [6, 6.07) is 9.64. The number of hydrogen-bond acceptors (Lipinski definition) is 9. The third-order valence-corrected chi connectivity index (χ3v) is 5.87. The van der Waals surface area contributed by atoms with Crippen LogP contribution < -0.4 is 10.6 Å². The van der Waals surface area contributed by atoms with E-state index in [9.17, 15) is 5.26 Å². The lowest BCUT2D eigenvalue weighted by atomic mass is 10.0. The molecule has 0 bridgehead atoms. The molecule has 3 aromatic heterocycles. The molecular formula is C24H25N9O. The average Bonchev–Trinajstić information content (AvgIpc) is 3.29. The molecule has 34 heavy (non-hydrogen) atoms. The van der Waals surface area contributed by atoms with Crippen molar-refractivity contribution in [3.8, 4) is 18.1 Å². The number of ether oxygens (including phenoxy) is 1. The van der Waals surface area contributed by atoms with Crippen LogP contribution in [0.2, 0.25) is 0 Å². The fourth-order valence-electron chi connectivity index (χ4n) is 4.05. The molecule has 10 nitrogen and oxygen atoms in total. The van der Waals surface area contributed by atoms with E-state index in [0.717, 1.165) is 18.4 Å². The third-order valence-electron chi connectivity index (χ3n) is 5.87. The smallest absolute Gasteiger partial charge is 0.201 e. The molecule has 4 rings (SSSR count). The van der Waals surface area contributed by atoms with E-state index >= 15 is 0 Å². The highest BCUT2D eigenvalue weighted by Gasteiger charge is 2.21. The first-order chi connectivity index (χ1) is 16.5. The van der Waals surface area contributed by atoms with Crippen LogP contribution in [-0.4, -0.2) is 49.8 Å². The Morgan fingerprint density at radius 3 is 2.71 bits per heavy atom. The van der Waals surface area contributed by atoms with Crippen molar-refractivity contribution in [2.24, 2.45) is 15.9 Å². The first-order valence-corrected chi connectivity index (χ1v) is 11.0. The van der Waals surface area contributed by atoms with Gasteiger partial charge in [-0.1, -0.05) is 6.07 Å². The summed E-state index contributed by atoms with van der Waals surface area (Å²) in [4.78, 5) is 15.1. The third kappa shape index (κ3) is 4.66. The minimum absolute atomic E-state index is 0.100. The molecule has 1 saturated heterocycles. The van der Waals surface area contributed by atoms with E-state index < -0.39 is 0 Å². The molecule has 1 atom stereocenters. The average molecular weight is 456 g/mol. The van der Waals surface area contributed by atoms with Gasteiger partial charge in [-0.2, -0.15) is 15.6 Å². The summed E-state index contributed by atoms with van der Waals surface area (Å²) in [7, 11) is 0. The van der Waals surface area contributed by atoms with Gasteiger partial charge in [0.1, 0.15) is 29.2 Å². The van der Waals surface area contributed by atoms with E-state index in [1.165, 1.54) is 6.20 Å². The number of nitrogens with zero attached hydrogens (tertiary/aromatic N) is 8. The fraction of sp³-hybridized carbons (Fsp3) is 0.333. The van der Waals surface area contributed by atoms with Crippen molar-refractivity contribution in [2.45, 2.75) is 38.8 Å². The topological polar surface area (TPSA) is 141 Å². The SMILES string of the molecule is CC(=NC1CCN(C#N)CC1)/C(=N\N)c1cc(OC(C)c2cccnc2)n2c(C#N)cnc2c1. The van der Waals surface area contributed by atoms with Gasteiger partial charge in [0.05, 0.1) is 18.0 Å². The van der Waals surface area contributed by atoms with Crippen molar-refractivity contribution in [1.82, 2.24) is 19.3 Å². The highest BCUT2D eigenvalue weighted by atomic mass is 16.5. The van der Waals surface area contributed by atoms with E-state index in [1.807, 2.05) is 32.0 Å². The van der Waals surface area contributed by atoms with Crippen LogP contribution in [0.1, 0.15) is 49.6 Å². The number of likely N-dealkylation sites (tertiary alicyclic amines) is 1. The number of piperidine rings is 1. The van der Waals surface area contributed by atoms with Gasteiger partial charge in [-0.15, -0.1) is 0 Å². The summed E-state index contributed by atoms with van der Waals surface area (Å²) in [5.41, 5.74) is 3.70. The first kappa shape index (κ1) is 22.7. The number of hydrogen-bond donors (Lipinski definition) is 1. The van der Waals surface area contributed by atoms with Crippen LogP contribution in [0.15, 0.2) is 52.9 Å². The minimum atomic E-state index is -0.320. The van der Waals surface area contributed by atoms with E-state index in [4.69, 9.17) is 20.8 Å². The normalized spacial score (nSPS) is 16.2. The molecule has 0 radical (unpaired) electrons. The second-order valence-corrected chi connectivity index (χ2v) is 8.09. The van der Waals surface area contributed by atoms with Crippen molar-refractivity contribution in [2.75, 3.05) is 13.1 Å². The van der Waals surface area contributed by atoms with Gasteiger partial charge in [0.15, 0.2) is 6.19 Å². The summed E-state index contributed by atoms with van der Waals surface area (Å²) in [6.45, 7) is 5.16. The van der Waals surface area contributed by atoms with Gasteiger partial charge in [0.25, 0.3) is 0 Å². The number of aromatic nitrogens is 3.